The number of amides is 16. The molecule has 0 aliphatic rings. The largest absolute Gasteiger partial charge is 0.508 e. The van der Waals surface area contributed by atoms with Crippen molar-refractivity contribution >= 4 is 117 Å². The normalized spacial score (nSPS) is 14.4. The number of carbonyl (C=O) groups excluding carboxylic acids is 16. The summed E-state index contributed by atoms with van der Waals surface area (Å²) in [6.07, 6.45) is -0.458. The molecule has 44 nitrogen and oxygen atoms in total. The predicted molar refractivity (Wildman–Crippen MR) is 436 cm³/mol. The van der Waals surface area contributed by atoms with Gasteiger partial charge in [0.15, 0.2) is 0 Å². The van der Waals surface area contributed by atoms with Crippen molar-refractivity contribution in [3.63, 3.8) is 0 Å². The molecule has 0 bridgehead atoms. The van der Waals surface area contributed by atoms with Crippen LogP contribution in [-0.2, 0) is 106 Å². The van der Waals surface area contributed by atoms with Crippen LogP contribution >= 0.6 is 0 Å². The van der Waals surface area contributed by atoms with Gasteiger partial charge in [0.2, 0.25) is 94.5 Å². The third-order valence-corrected chi connectivity index (χ3v) is 18.5. The van der Waals surface area contributed by atoms with Crippen molar-refractivity contribution in [2.45, 2.75) is 179 Å². The van der Waals surface area contributed by atoms with Gasteiger partial charge in [-0.2, -0.15) is 0 Å². The van der Waals surface area contributed by atoms with Crippen LogP contribution in [0.15, 0.2) is 85.1 Å². The lowest BCUT2D eigenvalue weighted by Gasteiger charge is -2.29. The lowest BCUT2D eigenvalue weighted by molar-refractivity contribution is -0.143. The number of aliphatic hydroxyl groups excluding tert-OH is 5. The monoisotopic (exact) mass is 1730 g/mol. The van der Waals surface area contributed by atoms with E-state index in [1.807, 2.05) is 16.0 Å². The number of carboxylic acids is 2. The summed E-state index contributed by atoms with van der Waals surface area (Å²) in [5.74, 6) is -21.8. The third kappa shape index (κ3) is 35.8. The first-order valence-electron chi connectivity index (χ1n) is 39.4. The molecule has 0 fully saturated rings. The van der Waals surface area contributed by atoms with Crippen molar-refractivity contribution in [2.75, 3.05) is 59.2 Å². The van der Waals surface area contributed by atoms with Crippen molar-refractivity contribution in [1.29, 1.82) is 0 Å². The topological polar surface area (TPSA) is 703 Å². The van der Waals surface area contributed by atoms with Crippen LogP contribution in [0.2, 0.25) is 0 Å². The number of carbonyl (C=O) groups is 18. The minimum absolute atomic E-state index is 0.0721. The molecule has 123 heavy (non-hydrogen) atoms. The standard InChI is InChI=1S/C79H114N18O26/c1-39(2)22-50(90-67(110)48(80)34-98)72(115)94-55(27-45-29-81-49-17-13-12-16-47(45)49)77(120)97-66(42(7)8)78(121)96-54(26-44-18-20-46(103)21-19-44)75(118)95-56(28-65(108)109)76(119)92-51(23-40(3)4)73(116)91-52(24-41(5)6)74(117)93-53(25-43-14-10-9-11-15-43)68(111)82-30-61(104)86-57(35-99)69(112)83-31-62(105)87-58(36-100)70(113)84-32-63(106)88-59(37-101)71(114)85-33-64(107)89-60(38-102)79(122)123/h9-21,29,39-42,48,50-60,66,81,98-103H,22-28,30-38,80H2,1-8H3,(H,82,111)(H,83,112)(H,84,113)(H,85,114)(H,86,104)(H,87,105)(H,88,106)(H,89,107)(H,90,110)(H,91,116)(H,92,119)(H,93,117)(H,94,115)(H,95,118)(H,96,121)(H,97,120)(H,108,109)(H,122,123)/t48-,50-,51-,52-,53-,54-,55-,56-,57-,58-,59-,60-,66-/m0/s1. The molecule has 13 atom stereocenters. The molecular weight excluding hydrogens is 1620 g/mol. The average molecular weight is 1730 g/mol. The van der Waals surface area contributed by atoms with Gasteiger partial charge in [-0.3, -0.25) is 81.5 Å². The fourth-order valence-electron chi connectivity index (χ4n) is 12.0. The van der Waals surface area contributed by atoms with E-state index in [2.05, 4.69) is 74.1 Å². The summed E-state index contributed by atoms with van der Waals surface area (Å²) in [6.45, 7) is 4.94. The lowest BCUT2D eigenvalue weighted by Crippen LogP contribution is -2.62. The third-order valence-electron chi connectivity index (χ3n) is 18.5. The highest BCUT2D eigenvalue weighted by molar-refractivity contribution is 6.01. The van der Waals surface area contributed by atoms with E-state index in [0.717, 1.165) is 0 Å². The van der Waals surface area contributed by atoms with Gasteiger partial charge in [0.1, 0.15) is 84.3 Å². The van der Waals surface area contributed by atoms with E-state index in [1.54, 1.807) is 116 Å². The minimum atomic E-state index is -2.00. The Morgan fingerprint density at radius 2 is 0.675 bits per heavy atom. The number of phenolic OH excluding ortho intramolecular Hbond substituents is 1. The van der Waals surface area contributed by atoms with Crippen LogP contribution in [0.4, 0.5) is 0 Å². The average Bonchev–Trinajstić information content (AvgIpc) is 1.71. The van der Waals surface area contributed by atoms with Crippen LogP contribution in [-0.4, -0.2) is 290 Å². The molecule has 3 aromatic carbocycles. The number of H-pyrrole nitrogens is 1. The van der Waals surface area contributed by atoms with Crippen LogP contribution < -0.4 is 90.8 Å². The highest BCUT2D eigenvalue weighted by Gasteiger charge is 2.39. The Morgan fingerprint density at radius 1 is 0.341 bits per heavy atom. The summed E-state index contributed by atoms with van der Waals surface area (Å²) in [7, 11) is 0. The highest BCUT2D eigenvalue weighted by atomic mass is 16.4. The molecule has 0 radical (unpaired) electrons. The minimum Gasteiger partial charge on any atom is -0.508 e. The van der Waals surface area contributed by atoms with E-state index in [0.29, 0.717) is 27.6 Å². The summed E-state index contributed by atoms with van der Waals surface area (Å²) < 4.78 is 0. The van der Waals surface area contributed by atoms with E-state index in [9.17, 15) is 117 Å². The number of nitrogens with two attached hydrogens (primary N) is 1. The maximum Gasteiger partial charge on any atom is 0.328 e. The second-order valence-corrected chi connectivity index (χ2v) is 30.5. The van der Waals surface area contributed by atoms with Crippen LogP contribution in [0.3, 0.4) is 0 Å². The predicted octanol–water partition coefficient (Wildman–Crippen LogP) is -8.17. The zero-order valence-electron chi connectivity index (χ0n) is 69.2. The number of para-hydroxylation sites is 1. The Kier molecular flexibility index (Phi) is 43.2. The molecule has 0 aliphatic carbocycles. The highest BCUT2D eigenvalue weighted by Crippen LogP contribution is 2.21. The van der Waals surface area contributed by atoms with E-state index in [4.69, 9.17) is 15.9 Å². The lowest BCUT2D eigenvalue weighted by atomic mass is 9.98. The fourth-order valence-corrected chi connectivity index (χ4v) is 12.0. The molecule has 1 heterocycles. The molecule has 0 aliphatic heterocycles. The summed E-state index contributed by atoms with van der Waals surface area (Å²) in [5, 5.41) is 116. The number of aromatic amines is 1. The zero-order valence-corrected chi connectivity index (χ0v) is 69.2. The number of benzene rings is 3. The summed E-state index contributed by atoms with van der Waals surface area (Å²) in [5.41, 5.74) is 7.84. The van der Waals surface area contributed by atoms with Crippen molar-refractivity contribution < 1.29 is 127 Å². The molecule has 0 saturated heterocycles. The number of carboxylic acid groups (broad SMARTS) is 2. The smallest absolute Gasteiger partial charge is 0.328 e. The zero-order chi connectivity index (χ0) is 91.9. The number of fused-ring (bicyclic) bond motifs is 1. The Labute approximate surface area is 706 Å². The number of hydrogen-bond donors (Lipinski definition) is 26. The number of aliphatic hydroxyl groups is 5. The first-order chi connectivity index (χ1) is 58.1. The second-order valence-electron chi connectivity index (χ2n) is 30.5. The van der Waals surface area contributed by atoms with Crippen LogP contribution in [0.1, 0.15) is 97.8 Å². The molecule has 4 aromatic rings. The molecule has 4 rings (SSSR count). The molecule has 16 amide bonds. The molecular formula is C79H114N18O26. The van der Waals surface area contributed by atoms with E-state index >= 15 is 0 Å². The number of aliphatic carboxylic acids is 2. The molecule has 27 N–H and O–H groups in total. The quantitative estimate of drug-likeness (QED) is 0.0195. The summed E-state index contributed by atoms with van der Waals surface area (Å²) in [4.78, 5) is 245. The van der Waals surface area contributed by atoms with E-state index in [1.165, 1.54) is 24.3 Å². The van der Waals surface area contributed by atoms with Crippen molar-refractivity contribution in [3.05, 3.63) is 102 Å². The van der Waals surface area contributed by atoms with Crippen LogP contribution in [0.5, 0.6) is 5.75 Å². The van der Waals surface area contributed by atoms with E-state index < -0.39 is 262 Å². The Balaban J connectivity index is 1.49. The summed E-state index contributed by atoms with van der Waals surface area (Å²) >= 11 is 0. The SMILES string of the molecule is CC(C)C[C@H](NC(=O)[C@H](CC(C)C)NC(=O)[C@H](CC(=O)O)NC(=O)[C@H](Cc1ccc(O)cc1)NC(=O)[C@@H](NC(=O)[C@H](Cc1c[nH]c2ccccc12)NC(=O)[C@H](CC(C)C)NC(=O)[C@@H](N)CO)C(C)C)C(=O)N[C@@H](Cc1ccccc1)C(=O)NCC(=O)N[C@@H](CO)C(=O)NCC(=O)N[C@@H](CO)C(=O)NCC(=O)N[C@@H](CO)C(=O)NCC(=O)N[C@@H](CO)C(=O)O. The van der Waals surface area contributed by atoms with Gasteiger partial charge in [-0.25, -0.2) is 4.79 Å². The fraction of sp³-hybridized carbons (Fsp3) is 0.519. The maximum absolute atomic E-state index is 14.8. The molecule has 0 unspecified atom stereocenters. The van der Waals surface area contributed by atoms with Gasteiger partial charge in [0.25, 0.3) is 0 Å². The van der Waals surface area contributed by atoms with E-state index in [-0.39, 0.29) is 56.1 Å². The van der Waals surface area contributed by atoms with Crippen LogP contribution in [0, 0.1) is 23.7 Å². The molecule has 44 heteroatoms. The van der Waals surface area contributed by atoms with Gasteiger partial charge >= 0.3 is 11.9 Å². The van der Waals surface area contributed by atoms with Crippen LogP contribution in [0.25, 0.3) is 10.9 Å². The Morgan fingerprint density at radius 3 is 1.07 bits per heavy atom. The maximum atomic E-state index is 14.8. The number of rotatable bonds is 53. The summed E-state index contributed by atoms with van der Waals surface area (Å²) in [6, 6.07) is -0.165. The van der Waals surface area contributed by atoms with Gasteiger partial charge in [-0.1, -0.05) is 116 Å². The van der Waals surface area contributed by atoms with Gasteiger partial charge in [-0.05, 0) is 77.8 Å². The first-order valence-corrected chi connectivity index (χ1v) is 39.4. The number of phenols is 1. The van der Waals surface area contributed by atoms with Crippen molar-refractivity contribution in [1.82, 2.24) is 90.1 Å². The van der Waals surface area contributed by atoms with Gasteiger partial charge in [0, 0.05) is 36.4 Å². The Bertz CT molecular complexity index is 4300. The van der Waals surface area contributed by atoms with Gasteiger partial charge in [0.05, 0.1) is 65.6 Å². The molecule has 0 spiro atoms. The molecule has 1 aromatic heterocycles. The number of hydrogen-bond acceptors (Lipinski definition) is 25. The van der Waals surface area contributed by atoms with Gasteiger partial charge in [-0.15, -0.1) is 0 Å². The molecule has 0 saturated carbocycles. The first kappa shape index (κ1) is 103. The number of aromatic nitrogens is 1. The number of nitrogens with one attached hydrogen (secondary N) is 17. The van der Waals surface area contributed by atoms with Crippen molar-refractivity contribution in [2.24, 2.45) is 29.4 Å². The number of aromatic hydroxyl groups is 1. The molecule has 676 valence electrons. The Hall–Kier alpha value is -12.8. The van der Waals surface area contributed by atoms with Crippen molar-refractivity contribution in [3.8, 4) is 5.75 Å². The second kappa shape index (κ2) is 51.7. The van der Waals surface area contributed by atoms with Gasteiger partial charge < -0.3 is 137 Å².